The van der Waals surface area contributed by atoms with E-state index in [0.29, 0.717) is 34.3 Å². The van der Waals surface area contributed by atoms with Crippen molar-refractivity contribution in [1.82, 2.24) is 14.9 Å². The van der Waals surface area contributed by atoms with E-state index < -0.39 is 0 Å². The predicted molar refractivity (Wildman–Crippen MR) is 148 cm³/mol. The van der Waals surface area contributed by atoms with Crippen LogP contribution in [0.5, 0.6) is 0 Å². The third-order valence-corrected chi connectivity index (χ3v) is 6.71. The summed E-state index contributed by atoms with van der Waals surface area (Å²) in [5, 5.41) is 3.56. The molecule has 0 aliphatic heterocycles. The molecule has 1 amide bonds. The van der Waals surface area contributed by atoms with Gasteiger partial charge in [0.25, 0.3) is 11.5 Å². The van der Waals surface area contributed by atoms with Crippen molar-refractivity contribution in [3.05, 3.63) is 104 Å². The Balaban J connectivity index is 1.35. The lowest BCUT2D eigenvalue weighted by Gasteiger charge is -2.23. The number of amides is 1. The first kappa shape index (κ1) is 24.9. The number of carbonyl (C=O) groups excluding carboxylic acids is 1. The molecule has 180 valence electrons. The van der Waals surface area contributed by atoms with Crippen LogP contribution in [0.25, 0.3) is 10.9 Å². The molecule has 0 aliphatic rings. The minimum atomic E-state index is -0.150. The summed E-state index contributed by atoms with van der Waals surface area (Å²) >= 11 is 8.83. The molecule has 0 fully saturated rings. The van der Waals surface area contributed by atoms with Crippen LogP contribution < -0.4 is 15.8 Å². The molecule has 0 saturated heterocycles. The number of H-pyrrole nitrogens is 1. The van der Waals surface area contributed by atoms with Crippen molar-refractivity contribution in [3.8, 4) is 0 Å². The number of para-hydroxylation sites is 1. The van der Waals surface area contributed by atoms with Crippen LogP contribution in [0, 0.1) is 4.77 Å². The smallest absolute Gasteiger partial charge is 0.262 e. The van der Waals surface area contributed by atoms with Crippen LogP contribution in [0.1, 0.15) is 29.3 Å². The first-order valence-electron chi connectivity index (χ1n) is 11.6. The Kier molecular flexibility index (Phi) is 8.15. The number of fused-ring (bicyclic) bond motifs is 1. The second kappa shape index (κ2) is 11.5. The average molecular weight is 552 g/mol. The third-order valence-electron chi connectivity index (χ3n) is 5.89. The summed E-state index contributed by atoms with van der Waals surface area (Å²) in [6.07, 6.45) is 0.853. The van der Waals surface area contributed by atoms with Crippen LogP contribution in [-0.2, 0) is 6.54 Å². The van der Waals surface area contributed by atoms with Crippen molar-refractivity contribution in [2.75, 3.05) is 24.5 Å². The highest BCUT2D eigenvalue weighted by Crippen LogP contribution is 2.16. The predicted octanol–water partition coefficient (Wildman–Crippen LogP) is 5.52. The van der Waals surface area contributed by atoms with E-state index in [-0.39, 0.29) is 11.5 Å². The van der Waals surface area contributed by atoms with Crippen molar-refractivity contribution in [2.45, 2.75) is 19.9 Å². The fourth-order valence-electron chi connectivity index (χ4n) is 3.99. The summed E-state index contributed by atoms with van der Waals surface area (Å²) in [5.41, 5.74) is 3.22. The summed E-state index contributed by atoms with van der Waals surface area (Å²) in [4.78, 5) is 31.0. The van der Waals surface area contributed by atoms with E-state index in [9.17, 15) is 9.59 Å². The molecule has 0 bridgehead atoms. The lowest BCUT2D eigenvalue weighted by atomic mass is 10.1. The highest BCUT2D eigenvalue weighted by atomic mass is 79.9. The lowest BCUT2D eigenvalue weighted by molar-refractivity contribution is 0.0953. The summed E-state index contributed by atoms with van der Waals surface area (Å²) in [7, 11) is 0. The quantitative estimate of drug-likeness (QED) is 0.213. The molecule has 8 heteroatoms. The van der Waals surface area contributed by atoms with Gasteiger partial charge in [0, 0.05) is 35.4 Å². The molecule has 4 aromatic rings. The summed E-state index contributed by atoms with van der Waals surface area (Å²) in [6.45, 7) is 4.84. The number of halogens is 1. The second-order valence-corrected chi connectivity index (χ2v) is 9.54. The molecule has 4 rings (SSSR count). The number of hydrogen-bond donors (Lipinski definition) is 2. The van der Waals surface area contributed by atoms with Crippen molar-refractivity contribution >= 4 is 50.6 Å². The van der Waals surface area contributed by atoms with Gasteiger partial charge < -0.3 is 15.2 Å². The van der Waals surface area contributed by atoms with Crippen molar-refractivity contribution < 1.29 is 4.79 Å². The Hall–Kier alpha value is -3.23. The maximum Gasteiger partial charge on any atom is 0.262 e. The highest BCUT2D eigenvalue weighted by molar-refractivity contribution is 9.10. The molecule has 0 aliphatic carbocycles. The Morgan fingerprint density at radius 3 is 2.54 bits per heavy atom. The molecule has 3 aromatic carbocycles. The van der Waals surface area contributed by atoms with E-state index in [1.54, 1.807) is 18.2 Å². The molecular weight excluding hydrogens is 524 g/mol. The van der Waals surface area contributed by atoms with Crippen molar-refractivity contribution in [2.24, 2.45) is 0 Å². The molecule has 0 spiro atoms. The zero-order valence-electron chi connectivity index (χ0n) is 19.5. The minimum absolute atomic E-state index is 0.107. The minimum Gasteiger partial charge on any atom is -0.372 e. The van der Waals surface area contributed by atoms with E-state index in [1.807, 2.05) is 42.5 Å². The van der Waals surface area contributed by atoms with E-state index in [0.717, 1.165) is 29.5 Å². The molecule has 35 heavy (non-hydrogen) atoms. The van der Waals surface area contributed by atoms with Crippen molar-refractivity contribution in [1.29, 1.82) is 0 Å². The van der Waals surface area contributed by atoms with Gasteiger partial charge in [-0.2, -0.15) is 0 Å². The highest BCUT2D eigenvalue weighted by Gasteiger charge is 2.09. The molecule has 0 atom stereocenters. The molecular formula is C27H27BrN4O2S. The third kappa shape index (κ3) is 6.07. The summed E-state index contributed by atoms with van der Waals surface area (Å²) in [5.74, 6) is -0.107. The monoisotopic (exact) mass is 550 g/mol. The number of hydrogen-bond acceptors (Lipinski definition) is 4. The number of benzene rings is 3. The van der Waals surface area contributed by atoms with Crippen LogP contribution in [0.4, 0.5) is 5.69 Å². The summed E-state index contributed by atoms with van der Waals surface area (Å²) in [6, 6.07) is 23.0. The Bertz CT molecular complexity index is 1430. The number of aromatic nitrogens is 2. The fraction of sp³-hybridized carbons (Fsp3) is 0.222. The van der Waals surface area contributed by atoms with Crippen LogP contribution >= 0.6 is 28.1 Å². The van der Waals surface area contributed by atoms with Gasteiger partial charge in [0.1, 0.15) is 0 Å². The largest absolute Gasteiger partial charge is 0.372 e. The Morgan fingerprint density at radius 2 is 1.83 bits per heavy atom. The van der Waals surface area contributed by atoms with E-state index in [2.05, 4.69) is 50.2 Å². The first-order chi connectivity index (χ1) is 17.0. The van der Waals surface area contributed by atoms with Crippen LogP contribution in [0.3, 0.4) is 0 Å². The number of nitrogens with one attached hydrogen (secondary N) is 2. The molecule has 0 saturated carbocycles. The van der Waals surface area contributed by atoms with Gasteiger partial charge in [-0.15, -0.1) is 0 Å². The molecule has 1 heterocycles. The van der Waals surface area contributed by atoms with Gasteiger partial charge in [-0.3, -0.25) is 14.2 Å². The number of nitrogens with zero attached hydrogens (tertiary/aromatic N) is 2. The summed E-state index contributed by atoms with van der Waals surface area (Å²) < 4.78 is 2.73. The Labute approximate surface area is 217 Å². The molecule has 1 aromatic heterocycles. The van der Waals surface area contributed by atoms with Crippen molar-refractivity contribution in [3.63, 3.8) is 0 Å². The number of aromatic amines is 1. The van der Waals surface area contributed by atoms with Gasteiger partial charge in [-0.25, -0.2) is 0 Å². The van der Waals surface area contributed by atoms with Gasteiger partial charge >= 0.3 is 0 Å². The van der Waals surface area contributed by atoms with E-state index in [1.165, 1.54) is 10.3 Å². The average Bonchev–Trinajstić information content (AvgIpc) is 2.88. The van der Waals surface area contributed by atoms with Gasteiger partial charge in [-0.1, -0.05) is 46.3 Å². The topological polar surface area (TPSA) is 70.1 Å². The van der Waals surface area contributed by atoms with Gasteiger partial charge in [0.15, 0.2) is 4.77 Å². The number of carbonyl (C=O) groups is 1. The van der Waals surface area contributed by atoms with E-state index in [4.69, 9.17) is 12.2 Å². The van der Waals surface area contributed by atoms with Gasteiger partial charge in [0.05, 0.1) is 17.4 Å². The second-order valence-electron chi connectivity index (χ2n) is 8.23. The molecule has 0 radical (unpaired) electrons. The lowest BCUT2D eigenvalue weighted by Crippen LogP contribution is -2.30. The van der Waals surface area contributed by atoms with Crippen LogP contribution in [0.2, 0.25) is 0 Å². The van der Waals surface area contributed by atoms with Crippen LogP contribution in [-0.4, -0.2) is 35.1 Å². The van der Waals surface area contributed by atoms with Crippen LogP contribution in [0.15, 0.2) is 82.1 Å². The SMILES string of the molecule is CCN(CCCNC(=O)c1ccc(Cn2c(=S)[nH]c3ccc(Br)cc3c2=O)cc1)c1ccccc1. The molecule has 0 unspecified atom stereocenters. The Morgan fingerprint density at radius 1 is 1.09 bits per heavy atom. The zero-order valence-corrected chi connectivity index (χ0v) is 21.9. The van der Waals surface area contributed by atoms with E-state index >= 15 is 0 Å². The maximum atomic E-state index is 13.0. The maximum absolute atomic E-state index is 13.0. The standard InChI is InChI=1S/C27H27BrN4O2S/c1-2-31(22-7-4-3-5-8-22)16-6-15-29-25(33)20-11-9-19(10-12-20)18-32-26(34)23-17-21(28)13-14-24(23)30-27(32)35/h3-5,7-14,17H,2,6,15-16,18H2,1H3,(H,29,33)(H,30,35). The van der Waals surface area contributed by atoms with Gasteiger partial charge in [-0.05, 0) is 73.6 Å². The van der Waals surface area contributed by atoms with Gasteiger partial charge in [0.2, 0.25) is 0 Å². The normalized spacial score (nSPS) is 10.9. The number of anilines is 1. The molecule has 6 nitrogen and oxygen atoms in total. The fourth-order valence-corrected chi connectivity index (χ4v) is 4.61. The molecule has 2 N–H and O–H groups in total. The zero-order chi connectivity index (χ0) is 24.8. The first-order valence-corrected chi connectivity index (χ1v) is 12.8. The number of rotatable bonds is 9.